The Bertz CT molecular complexity index is 778. The van der Waals surface area contributed by atoms with Crippen LogP contribution in [0.25, 0.3) is 16.8 Å². The average molecular weight is 329 g/mol. The Labute approximate surface area is 137 Å². The molecule has 2 aromatic heterocycles. The van der Waals surface area contributed by atoms with Crippen LogP contribution in [0, 0.1) is 13.8 Å². The zero-order valence-electron chi connectivity index (χ0n) is 12.3. The molecule has 0 N–H and O–H groups in total. The van der Waals surface area contributed by atoms with Crippen LogP contribution in [0.4, 0.5) is 0 Å². The lowest BCUT2D eigenvalue weighted by Crippen LogP contribution is -1.77. The zero-order valence-corrected chi connectivity index (χ0v) is 13.9. The summed E-state index contributed by atoms with van der Waals surface area (Å²) in [7, 11) is 0. The first-order valence-electron chi connectivity index (χ1n) is 6.84. The maximum absolute atomic E-state index is 5.69. The van der Waals surface area contributed by atoms with Crippen molar-refractivity contribution >= 4 is 29.2 Å². The van der Waals surface area contributed by atoms with Gasteiger partial charge in [-0.2, -0.15) is 0 Å². The van der Waals surface area contributed by atoms with E-state index in [1.54, 1.807) is 11.3 Å². The summed E-state index contributed by atoms with van der Waals surface area (Å²) in [6, 6.07) is 10.2. The van der Waals surface area contributed by atoms with Crippen molar-refractivity contribution in [2.24, 2.45) is 0 Å². The van der Waals surface area contributed by atoms with Crippen molar-refractivity contribution in [3.63, 3.8) is 0 Å². The third-order valence-electron chi connectivity index (χ3n) is 2.92. The minimum Gasteiger partial charge on any atom is -0.410 e. The Balaban J connectivity index is 1.60. The lowest BCUT2D eigenvalue weighted by Gasteiger charge is -1.92. The first-order valence-corrected chi connectivity index (χ1v) is 8.65. The largest absolute Gasteiger partial charge is 0.410 e. The fourth-order valence-electron chi connectivity index (χ4n) is 1.96. The van der Waals surface area contributed by atoms with Crippen molar-refractivity contribution in [1.82, 2.24) is 15.2 Å². The molecule has 0 saturated heterocycles. The number of thioether (sulfide) groups is 1. The number of hydrogen-bond acceptors (Lipinski definition) is 6. The molecule has 0 saturated carbocycles. The van der Waals surface area contributed by atoms with Crippen molar-refractivity contribution in [2.45, 2.75) is 19.1 Å². The van der Waals surface area contributed by atoms with E-state index in [0.29, 0.717) is 11.1 Å². The maximum Gasteiger partial charge on any atom is 0.277 e. The predicted octanol–water partition coefficient (Wildman–Crippen LogP) is 4.62. The molecule has 0 radical (unpaired) electrons. The molecule has 112 valence electrons. The van der Waals surface area contributed by atoms with E-state index in [9.17, 15) is 0 Å². The molecule has 2 heterocycles. The van der Waals surface area contributed by atoms with Gasteiger partial charge in [-0.3, -0.25) is 0 Å². The van der Waals surface area contributed by atoms with Gasteiger partial charge in [-0.05, 0) is 19.4 Å². The number of aromatic nitrogens is 3. The highest BCUT2D eigenvalue weighted by molar-refractivity contribution is 7.99. The van der Waals surface area contributed by atoms with Gasteiger partial charge < -0.3 is 4.42 Å². The Morgan fingerprint density at radius 3 is 2.73 bits per heavy atom. The molecular weight excluding hydrogens is 314 g/mol. The van der Waals surface area contributed by atoms with E-state index in [1.807, 2.05) is 32.0 Å². The molecule has 0 spiro atoms. The van der Waals surface area contributed by atoms with E-state index in [4.69, 9.17) is 4.42 Å². The number of rotatable bonds is 5. The molecule has 0 atom stereocenters. The predicted molar refractivity (Wildman–Crippen MR) is 91.1 cm³/mol. The van der Waals surface area contributed by atoms with Gasteiger partial charge in [0.05, 0.1) is 10.7 Å². The second-order valence-electron chi connectivity index (χ2n) is 4.64. The van der Waals surface area contributed by atoms with E-state index in [2.05, 4.69) is 39.5 Å². The normalized spacial score (nSPS) is 11.4. The monoisotopic (exact) mass is 329 g/mol. The zero-order chi connectivity index (χ0) is 15.4. The Kier molecular flexibility index (Phi) is 4.70. The Hall–Kier alpha value is -1.92. The summed E-state index contributed by atoms with van der Waals surface area (Å²) < 4.78 is 5.69. The summed E-state index contributed by atoms with van der Waals surface area (Å²) in [6.07, 6.45) is 4.17. The molecular formula is C16H15N3OS2. The molecule has 6 heteroatoms. The van der Waals surface area contributed by atoms with Gasteiger partial charge in [0.1, 0.15) is 4.88 Å². The van der Waals surface area contributed by atoms with E-state index in [0.717, 1.165) is 21.3 Å². The molecule has 4 nitrogen and oxygen atoms in total. The van der Waals surface area contributed by atoms with Gasteiger partial charge in [-0.1, -0.05) is 54.2 Å². The summed E-state index contributed by atoms with van der Waals surface area (Å²) in [5, 5.41) is 9.77. The van der Waals surface area contributed by atoms with Gasteiger partial charge >= 0.3 is 0 Å². The highest BCUT2D eigenvalue weighted by atomic mass is 32.2. The minimum atomic E-state index is 0.553. The SMILES string of the molecule is Cc1nc(C)c(-c2nnc(SC/C=C/c3ccccc3)o2)s1. The maximum atomic E-state index is 5.69. The van der Waals surface area contributed by atoms with E-state index in [1.165, 1.54) is 17.3 Å². The van der Waals surface area contributed by atoms with Crippen molar-refractivity contribution in [3.8, 4) is 10.8 Å². The highest BCUT2D eigenvalue weighted by Gasteiger charge is 2.14. The van der Waals surface area contributed by atoms with Crippen molar-refractivity contribution in [2.75, 3.05) is 5.75 Å². The lowest BCUT2D eigenvalue weighted by molar-refractivity contribution is 0.467. The molecule has 0 amide bonds. The van der Waals surface area contributed by atoms with Crippen LogP contribution in [0.2, 0.25) is 0 Å². The van der Waals surface area contributed by atoms with Gasteiger partial charge in [0.15, 0.2) is 0 Å². The van der Waals surface area contributed by atoms with E-state index < -0.39 is 0 Å². The fourth-order valence-corrected chi connectivity index (χ4v) is 3.37. The molecule has 0 fully saturated rings. The Morgan fingerprint density at radius 1 is 1.18 bits per heavy atom. The van der Waals surface area contributed by atoms with Crippen molar-refractivity contribution in [3.05, 3.63) is 52.7 Å². The van der Waals surface area contributed by atoms with Crippen LogP contribution >= 0.6 is 23.1 Å². The molecule has 3 aromatic rings. The molecule has 0 bridgehead atoms. The Morgan fingerprint density at radius 2 is 2.00 bits per heavy atom. The standard InChI is InChI=1S/C16H15N3OS2/c1-11-14(22-12(2)17-11)15-18-19-16(20-15)21-10-6-9-13-7-4-3-5-8-13/h3-9H,10H2,1-2H3/b9-6+. The quantitative estimate of drug-likeness (QED) is 0.640. The summed E-state index contributed by atoms with van der Waals surface area (Å²) in [5.74, 6) is 1.34. The van der Waals surface area contributed by atoms with Crippen LogP contribution in [-0.4, -0.2) is 20.9 Å². The second-order valence-corrected chi connectivity index (χ2v) is 6.82. The van der Waals surface area contributed by atoms with Crippen LogP contribution in [-0.2, 0) is 0 Å². The molecule has 0 aliphatic heterocycles. The van der Waals surface area contributed by atoms with Crippen LogP contribution < -0.4 is 0 Å². The van der Waals surface area contributed by atoms with Gasteiger partial charge in [0.2, 0.25) is 0 Å². The summed E-state index contributed by atoms with van der Waals surface area (Å²) >= 11 is 3.10. The van der Waals surface area contributed by atoms with Crippen LogP contribution in [0.3, 0.4) is 0 Å². The summed E-state index contributed by atoms with van der Waals surface area (Å²) in [4.78, 5) is 5.33. The number of hydrogen-bond donors (Lipinski definition) is 0. The summed E-state index contributed by atoms with van der Waals surface area (Å²) in [5.41, 5.74) is 2.12. The summed E-state index contributed by atoms with van der Waals surface area (Å²) in [6.45, 7) is 3.93. The number of benzene rings is 1. The third kappa shape index (κ3) is 3.64. The molecule has 0 aliphatic carbocycles. The molecule has 0 unspecified atom stereocenters. The number of nitrogens with zero attached hydrogens (tertiary/aromatic N) is 3. The smallest absolute Gasteiger partial charge is 0.277 e. The number of thiazole rings is 1. The van der Waals surface area contributed by atoms with E-state index in [-0.39, 0.29) is 0 Å². The van der Waals surface area contributed by atoms with Crippen LogP contribution in [0.15, 0.2) is 46.0 Å². The van der Waals surface area contributed by atoms with Crippen molar-refractivity contribution in [1.29, 1.82) is 0 Å². The molecule has 3 rings (SSSR count). The topological polar surface area (TPSA) is 51.8 Å². The third-order valence-corrected chi connectivity index (χ3v) is 4.75. The molecule has 22 heavy (non-hydrogen) atoms. The van der Waals surface area contributed by atoms with Gasteiger partial charge in [-0.25, -0.2) is 4.98 Å². The fraction of sp³-hybridized carbons (Fsp3) is 0.188. The van der Waals surface area contributed by atoms with E-state index >= 15 is 0 Å². The van der Waals surface area contributed by atoms with Gasteiger partial charge in [-0.15, -0.1) is 21.5 Å². The average Bonchev–Trinajstić information content (AvgIpc) is 3.11. The highest BCUT2D eigenvalue weighted by Crippen LogP contribution is 2.30. The molecule has 1 aromatic carbocycles. The minimum absolute atomic E-state index is 0.553. The number of aryl methyl sites for hydroxylation is 2. The van der Waals surface area contributed by atoms with Crippen LogP contribution in [0.5, 0.6) is 0 Å². The van der Waals surface area contributed by atoms with Crippen LogP contribution in [0.1, 0.15) is 16.3 Å². The van der Waals surface area contributed by atoms with Crippen molar-refractivity contribution < 1.29 is 4.42 Å². The first-order chi connectivity index (χ1) is 10.7. The first kappa shape index (κ1) is 15.0. The van der Waals surface area contributed by atoms with Gasteiger partial charge in [0.25, 0.3) is 11.1 Å². The van der Waals surface area contributed by atoms with Gasteiger partial charge in [0, 0.05) is 5.75 Å². The lowest BCUT2D eigenvalue weighted by atomic mass is 10.2. The molecule has 0 aliphatic rings. The second kappa shape index (κ2) is 6.89.